The maximum atomic E-state index is 6.04. The van der Waals surface area contributed by atoms with E-state index in [1.165, 1.54) is 12.8 Å². The van der Waals surface area contributed by atoms with E-state index in [9.17, 15) is 0 Å². The smallest absolute Gasteiger partial charge is 0.0620 e. The minimum Gasteiger partial charge on any atom is -0.379 e. The van der Waals surface area contributed by atoms with Crippen molar-refractivity contribution in [3.8, 4) is 0 Å². The Morgan fingerprint density at radius 3 is 2.62 bits per heavy atom. The summed E-state index contributed by atoms with van der Waals surface area (Å²) in [4.78, 5) is 2.61. The Morgan fingerprint density at radius 2 is 2.12 bits per heavy atom. The van der Waals surface area contributed by atoms with Gasteiger partial charge in [0.05, 0.1) is 13.2 Å². The molecular weight excluding hydrogens is 200 g/mol. The van der Waals surface area contributed by atoms with E-state index < -0.39 is 0 Å². The SMILES string of the molecule is CC(C)C1CC(CN)(N2CCOCC2C)C1. The molecule has 0 aromatic heterocycles. The Hall–Kier alpha value is -0.120. The van der Waals surface area contributed by atoms with E-state index in [0.717, 1.165) is 38.1 Å². The van der Waals surface area contributed by atoms with Crippen molar-refractivity contribution in [3.63, 3.8) is 0 Å². The average Bonchev–Trinajstić information content (AvgIpc) is 2.19. The first-order valence-corrected chi connectivity index (χ1v) is 6.63. The molecule has 1 aliphatic carbocycles. The molecule has 2 aliphatic rings. The zero-order valence-corrected chi connectivity index (χ0v) is 10.9. The van der Waals surface area contributed by atoms with Crippen molar-refractivity contribution in [2.45, 2.75) is 45.2 Å². The molecule has 1 saturated heterocycles. The lowest BCUT2D eigenvalue weighted by molar-refractivity contribution is -0.110. The van der Waals surface area contributed by atoms with Crippen molar-refractivity contribution >= 4 is 0 Å². The molecular formula is C13H26N2O. The van der Waals surface area contributed by atoms with Crippen molar-refractivity contribution in [3.05, 3.63) is 0 Å². The minimum atomic E-state index is 0.290. The topological polar surface area (TPSA) is 38.5 Å². The van der Waals surface area contributed by atoms with Gasteiger partial charge in [-0.1, -0.05) is 13.8 Å². The largest absolute Gasteiger partial charge is 0.379 e. The molecule has 0 spiro atoms. The van der Waals surface area contributed by atoms with Crippen LogP contribution >= 0.6 is 0 Å². The van der Waals surface area contributed by atoms with Crippen molar-refractivity contribution in [1.29, 1.82) is 0 Å². The molecule has 3 nitrogen and oxygen atoms in total. The molecule has 1 unspecified atom stereocenters. The summed E-state index contributed by atoms with van der Waals surface area (Å²) in [6, 6.07) is 0.533. The van der Waals surface area contributed by atoms with Gasteiger partial charge >= 0.3 is 0 Å². The third-order valence-corrected chi connectivity index (χ3v) is 4.58. The van der Waals surface area contributed by atoms with E-state index in [1.54, 1.807) is 0 Å². The predicted molar refractivity (Wildman–Crippen MR) is 66.3 cm³/mol. The van der Waals surface area contributed by atoms with Crippen LogP contribution in [-0.4, -0.2) is 42.8 Å². The van der Waals surface area contributed by atoms with Gasteiger partial charge in [-0.3, -0.25) is 4.90 Å². The Bertz CT molecular complexity index is 236. The van der Waals surface area contributed by atoms with Crippen LogP contribution in [0.3, 0.4) is 0 Å². The van der Waals surface area contributed by atoms with Crippen LogP contribution in [0.2, 0.25) is 0 Å². The van der Waals surface area contributed by atoms with Gasteiger partial charge in [-0.25, -0.2) is 0 Å². The Balaban J connectivity index is 2.00. The lowest BCUT2D eigenvalue weighted by Gasteiger charge is -2.58. The number of rotatable bonds is 3. The fraction of sp³-hybridized carbons (Fsp3) is 1.00. The second-order valence-electron chi connectivity index (χ2n) is 5.96. The Morgan fingerprint density at radius 1 is 1.44 bits per heavy atom. The molecule has 16 heavy (non-hydrogen) atoms. The van der Waals surface area contributed by atoms with Crippen LogP contribution in [0.25, 0.3) is 0 Å². The molecule has 0 aromatic rings. The zero-order chi connectivity index (χ0) is 11.8. The van der Waals surface area contributed by atoms with Gasteiger partial charge in [0.15, 0.2) is 0 Å². The highest BCUT2D eigenvalue weighted by Crippen LogP contribution is 2.46. The third-order valence-electron chi connectivity index (χ3n) is 4.58. The number of hydrogen-bond acceptors (Lipinski definition) is 3. The van der Waals surface area contributed by atoms with Gasteiger partial charge in [0.1, 0.15) is 0 Å². The lowest BCUT2D eigenvalue weighted by atomic mass is 9.62. The first-order valence-electron chi connectivity index (χ1n) is 6.63. The molecule has 2 rings (SSSR count). The summed E-state index contributed by atoms with van der Waals surface area (Å²) in [5.41, 5.74) is 6.33. The molecule has 1 atom stereocenters. The monoisotopic (exact) mass is 226 g/mol. The number of nitrogens with two attached hydrogens (primary N) is 1. The molecule has 0 aromatic carbocycles. The molecule has 0 bridgehead atoms. The van der Waals surface area contributed by atoms with E-state index in [2.05, 4.69) is 25.7 Å². The standard InChI is InChI=1S/C13H26N2O/c1-10(2)12-6-13(7-12,9-14)15-4-5-16-8-11(15)3/h10-12H,4-9,14H2,1-3H3. The summed E-state index contributed by atoms with van der Waals surface area (Å²) >= 11 is 0. The van der Waals surface area contributed by atoms with Gasteiger partial charge in [0, 0.05) is 24.7 Å². The lowest BCUT2D eigenvalue weighted by Crippen LogP contribution is -2.67. The fourth-order valence-electron chi connectivity index (χ4n) is 3.34. The summed E-state index contributed by atoms with van der Waals surface area (Å²) in [7, 11) is 0. The molecule has 1 saturated carbocycles. The highest BCUT2D eigenvalue weighted by Gasteiger charge is 2.49. The van der Waals surface area contributed by atoms with Crippen LogP contribution < -0.4 is 5.73 Å². The normalized spacial score (nSPS) is 41.1. The van der Waals surface area contributed by atoms with Crippen LogP contribution in [0, 0.1) is 11.8 Å². The molecule has 0 amide bonds. The van der Waals surface area contributed by atoms with Gasteiger partial charge in [0.25, 0.3) is 0 Å². The average molecular weight is 226 g/mol. The summed E-state index contributed by atoms with van der Waals surface area (Å²) in [5.74, 6) is 1.68. The van der Waals surface area contributed by atoms with Crippen LogP contribution in [-0.2, 0) is 4.74 Å². The molecule has 1 heterocycles. The van der Waals surface area contributed by atoms with Crippen LogP contribution in [0.4, 0.5) is 0 Å². The van der Waals surface area contributed by atoms with Crippen LogP contribution in [0.5, 0.6) is 0 Å². The van der Waals surface area contributed by atoms with E-state index >= 15 is 0 Å². The number of morpholine rings is 1. The van der Waals surface area contributed by atoms with Gasteiger partial charge in [-0.05, 0) is 31.6 Å². The first-order chi connectivity index (χ1) is 7.59. The van der Waals surface area contributed by atoms with Gasteiger partial charge in [-0.2, -0.15) is 0 Å². The van der Waals surface area contributed by atoms with Gasteiger partial charge in [-0.15, -0.1) is 0 Å². The molecule has 3 heteroatoms. The van der Waals surface area contributed by atoms with Crippen molar-refractivity contribution in [2.75, 3.05) is 26.3 Å². The first kappa shape index (κ1) is 12.3. The predicted octanol–water partition coefficient (Wildman–Crippen LogP) is 1.47. The number of hydrogen-bond donors (Lipinski definition) is 1. The molecule has 0 radical (unpaired) electrons. The van der Waals surface area contributed by atoms with E-state index in [4.69, 9.17) is 10.5 Å². The molecule has 94 valence electrons. The summed E-state index contributed by atoms with van der Waals surface area (Å²) in [6.07, 6.45) is 2.57. The van der Waals surface area contributed by atoms with Crippen LogP contribution in [0.1, 0.15) is 33.6 Å². The fourth-order valence-corrected chi connectivity index (χ4v) is 3.34. The van der Waals surface area contributed by atoms with E-state index in [1.807, 2.05) is 0 Å². The van der Waals surface area contributed by atoms with Crippen LogP contribution in [0.15, 0.2) is 0 Å². The molecule has 1 aliphatic heterocycles. The van der Waals surface area contributed by atoms with Crippen molar-refractivity contribution in [1.82, 2.24) is 4.90 Å². The highest BCUT2D eigenvalue weighted by atomic mass is 16.5. The summed E-state index contributed by atoms with van der Waals surface area (Å²) in [5, 5.41) is 0. The quantitative estimate of drug-likeness (QED) is 0.792. The van der Waals surface area contributed by atoms with Crippen molar-refractivity contribution < 1.29 is 4.74 Å². The van der Waals surface area contributed by atoms with Gasteiger partial charge < -0.3 is 10.5 Å². The Labute approximate surface area is 99.3 Å². The van der Waals surface area contributed by atoms with Gasteiger partial charge in [0.2, 0.25) is 0 Å². The second-order valence-corrected chi connectivity index (χ2v) is 5.96. The highest BCUT2D eigenvalue weighted by molar-refractivity contribution is 5.05. The minimum absolute atomic E-state index is 0.290. The maximum absolute atomic E-state index is 6.04. The number of ether oxygens (including phenoxy) is 1. The summed E-state index contributed by atoms with van der Waals surface area (Å²) in [6.45, 7) is 10.5. The summed E-state index contributed by atoms with van der Waals surface area (Å²) < 4.78 is 5.51. The van der Waals surface area contributed by atoms with E-state index in [0.29, 0.717) is 6.04 Å². The second kappa shape index (κ2) is 4.63. The molecule has 2 N–H and O–H groups in total. The maximum Gasteiger partial charge on any atom is 0.0620 e. The Kier molecular flexibility index (Phi) is 3.57. The molecule has 2 fully saturated rings. The van der Waals surface area contributed by atoms with E-state index in [-0.39, 0.29) is 5.54 Å². The number of nitrogens with zero attached hydrogens (tertiary/aromatic N) is 1. The van der Waals surface area contributed by atoms with Crippen molar-refractivity contribution in [2.24, 2.45) is 17.6 Å². The zero-order valence-electron chi connectivity index (χ0n) is 10.9. The third kappa shape index (κ3) is 2.01.